The number of aliphatic hydroxyl groups is 1. The van der Waals surface area contributed by atoms with Crippen LogP contribution in [0.1, 0.15) is 43.4 Å². The molecule has 2 N–H and O–H groups in total. The van der Waals surface area contributed by atoms with Gasteiger partial charge in [0.15, 0.2) is 0 Å². The van der Waals surface area contributed by atoms with E-state index in [1.54, 1.807) is 19.1 Å². The Morgan fingerprint density at radius 3 is 2.33 bits per heavy atom. The van der Waals surface area contributed by atoms with Gasteiger partial charge in [-0.2, -0.15) is 0 Å². The highest BCUT2D eigenvalue weighted by molar-refractivity contribution is 6.30. The first-order chi connectivity index (χ1) is 14.2. The Morgan fingerprint density at radius 2 is 1.73 bits per heavy atom. The molecule has 2 atom stereocenters. The number of hydrogen-bond acceptors (Lipinski definition) is 4. The van der Waals surface area contributed by atoms with Gasteiger partial charge in [-0.3, -0.25) is 9.69 Å². The third-order valence-corrected chi connectivity index (χ3v) is 5.57. The summed E-state index contributed by atoms with van der Waals surface area (Å²) in [5.41, 5.74) is 1.63. The molecule has 2 unspecified atom stereocenters. The lowest BCUT2D eigenvalue weighted by Gasteiger charge is -2.23. The van der Waals surface area contributed by atoms with Crippen LogP contribution in [0.4, 0.5) is 4.79 Å². The molecule has 6 nitrogen and oxygen atoms in total. The highest BCUT2D eigenvalue weighted by atomic mass is 35.5. The highest BCUT2D eigenvalue weighted by Gasteiger charge is 2.49. The van der Waals surface area contributed by atoms with E-state index >= 15 is 0 Å². The van der Waals surface area contributed by atoms with Crippen molar-refractivity contribution in [1.29, 1.82) is 0 Å². The summed E-state index contributed by atoms with van der Waals surface area (Å²) in [6, 6.07) is 14.3. The predicted octanol–water partition coefficient (Wildman–Crippen LogP) is 3.81. The van der Waals surface area contributed by atoms with Crippen LogP contribution < -0.4 is 5.32 Å². The Balaban J connectivity index is 1.59. The van der Waals surface area contributed by atoms with Gasteiger partial charge >= 0.3 is 6.03 Å². The Labute approximate surface area is 181 Å². The van der Waals surface area contributed by atoms with Crippen LogP contribution in [0.2, 0.25) is 5.02 Å². The number of nitrogens with zero attached hydrogens (tertiary/aromatic N) is 1. The van der Waals surface area contributed by atoms with Crippen LogP contribution in [0.3, 0.4) is 0 Å². The van der Waals surface area contributed by atoms with Crippen LogP contribution in [0.5, 0.6) is 0 Å². The number of benzene rings is 2. The Hall–Kier alpha value is -2.41. The fraction of sp³-hybridized carbons (Fsp3) is 0.391. The molecule has 1 fully saturated rings. The molecule has 0 saturated carbocycles. The summed E-state index contributed by atoms with van der Waals surface area (Å²) in [5, 5.41) is 13.7. The molecule has 7 heteroatoms. The number of carbonyl (C=O) groups excluding carboxylic acids is 2. The predicted molar refractivity (Wildman–Crippen MR) is 115 cm³/mol. The first-order valence-electron chi connectivity index (χ1n) is 9.95. The maximum atomic E-state index is 13.0. The highest BCUT2D eigenvalue weighted by Crippen LogP contribution is 2.30. The van der Waals surface area contributed by atoms with Crippen molar-refractivity contribution < 1.29 is 19.4 Å². The van der Waals surface area contributed by atoms with Crippen LogP contribution in [-0.4, -0.2) is 41.2 Å². The summed E-state index contributed by atoms with van der Waals surface area (Å²) in [4.78, 5) is 26.5. The van der Waals surface area contributed by atoms with E-state index in [-0.39, 0.29) is 19.1 Å². The number of nitrogens with one attached hydrogen (secondary N) is 1. The maximum Gasteiger partial charge on any atom is 0.325 e. The molecule has 0 aromatic heterocycles. The number of amides is 3. The minimum absolute atomic E-state index is 0.000510. The Morgan fingerprint density at radius 1 is 1.10 bits per heavy atom. The molecule has 160 valence electrons. The molecule has 30 heavy (non-hydrogen) atoms. The third kappa shape index (κ3) is 4.83. The number of rotatable bonds is 8. The standard InChI is InChI=1S/C23H27ClN2O4/c1-15(2)17-6-8-18(9-7-17)23(3)21(28)26(22(29)25-23)12-20(27)14-30-13-16-4-10-19(24)11-5-16/h4-11,15,20,27H,12-14H2,1-3H3,(H,25,29). The summed E-state index contributed by atoms with van der Waals surface area (Å²) in [6.45, 7) is 6.04. The minimum atomic E-state index is -1.16. The van der Waals surface area contributed by atoms with E-state index < -0.39 is 17.7 Å². The molecule has 0 spiro atoms. The van der Waals surface area contributed by atoms with Crippen molar-refractivity contribution in [3.05, 3.63) is 70.2 Å². The average Bonchev–Trinajstić information content (AvgIpc) is 2.93. The molecular weight excluding hydrogens is 404 g/mol. The molecule has 2 aromatic rings. The van der Waals surface area contributed by atoms with Gasteiger partial charge in [0.2, 0.25) is 0 Å². The zero-order chi connectivity index (χ0) is 21.9. The fourth-order valence-corrected chi connectivity index (χ4v) is 3.54. The number of aliphatic hydroxyl groups excluding tert-OH is 1. The lowest BCUT2D eigenvalue weighted by atomic mass is 9.90. The number of carbonyl (C=O) groups is 2. The molecule has 0 radical (unpaired) electrons. The van der Waals surface area contributed by atoms with Crippen molar-refractivity contribution in [2.75, 3.05) is 13.2 Å². The second-order valence-corrected chi connectivity index (χ2v) is 8.48. The third-order valence-electron chi connectivity index (χ3n) is 5.32. The fourth-order valence-electron chi connectivity index (χ4n) is 3.42. The smallest absolute Gasteiger partial charge is 0.325 e. The van der Waals surface area contributed by atoms with Gasteiger partial charge in [0, 0.05) is 5.02 Å². The van der Waals surface area contributed by atoms with Crippen molar-refractivity contribution in [2.45, 2.75) is 44.9 Å². The molecule has 3 amide bonds. The second kappa shape index (κ2) is 9.16. The van der Waals surface area contributed by atoms with E-state index in [9.17, 15) is 14.7 Å². The largest absolute Gasteiger partial charge is 0.389 e. The van der Waals surface area contributed by atoms with Crippen molar-refractivity contribution >= 4 is 23.5 Å². The van der Waals surface area contributed by atoms with E-state index in [2.05, 4.69) is 19.2 Å². The Bertz CT molecular complexity index is 898. The van der Waals surface area contributed by atoms with Gasteiger partial charge in [-0.25, -0.2) is 4.79 Å². The molecule has 2 aromatic carbocycles. The van der Waals surface area contributed by atoms with Gasteiger partial charge in [-0.05, 0) is 41.7 Å². The van der Waals surface area contributed by atoms with Crippen LogP contribution in [-0.2, 0) is 21.7 Å². The van der Waals surface area contributed by atoms with Crippen molar-refractivity contribution in [3.8, 4) is 0 Å². The van der Waals surface area contributed by atoms with Crippen molar-refractivity contribution in [3.63, 3.8) is 0 Å². The molecular formula is C23H27ClN2O4. The molecule has 1 aliphatic heterocycles. The molecule has 0 bridgehead atoms. The van der Waals surface area contributed by atoms with Crippen LogP contribution in [0.15, 0.2) is 48.5 Å². The number of β-amino-alcohol motifs (C(OH)–C–C–N with tert-alkyl or cyclic N) is 1. The second-order valence-electron chi connectivity index (χ2n) is 8.04. The molecule has 0 aliphatic carbocycles. The molecule has 1 heterocycles. The Kier molecular flexibility index (Phi) is 6.81. The van der Waals surface area contributed by atoms with E-state index in [4.69, 9.17) is 16.3 Å². The summed E-state index contributed by atoms with van der Waals surface area (Å²) in [5.74, 6) is -0.0122. The van der Waals surface area contributed by atoms with Gasteiger partial charge in [-0.1, -0.05) is 61.8 Å². The zero-order valence-electron chi connectivity index (χ0n) is 17.4. The number of imide groups is 1. The number of hydrogen-bond donors (Lipinski definition) is 2. The van der Waals surface area contributed by atoms with E-state index in [0.717, 1.165) is 16.0 Å². The number of halogens is 1. The lowest BCUT2D eigenvalue weighted by molar-refractivity contribution is -0.132. The van der Waals surface area contributed by atoms with Gasteiger partial charge < -0.3 is 15.2 Å². The first kappa shape index (κ1) is 22.3. The quantitative estimate of drug-likeness (QED) is 0.624. The van der Waals surface area contributed by atoms with Gasteiger partial charge in [0.1, 0.15) is 5.54 Å². The summed E-state index contributed by atoms with van der Waals surface area (Å²) in [6.07, 6.45) is -0.988. The van der Waals surface area contributed by atoms with E-state index in [1.807, 2.05) is 36.4 Å². The average molecular weight is 431 g/mol. The van der Waals surface area contributed by atoms with Gasteiger partial charge in [0.05, 0.1) is 25.9 Å². The number of urea groups is 1. The van der Waals surface area contributed by atoms with Crippen molar-refractivity contribution in [2.24, 2.45) is 0 Å². The van der Waals surface area contributed by atoms with Gasteiger partial charge in [0.25, 0.3) is 5.91 Å². The summed E-state index contributed by atoms with van der Waals surface area (Å²) >= 11 is 5.85. The topological polar surface area (TPSA) is 78.9 Å². The molecule has 1 saturated heterocycles. The summed E-state index contributed by atoms with van der Waals surface area (Å²) in [7, 11) is 0. The molecule has 3 rings (SSSR count). The van der Waals surface area contributed by atoms with Crippen LogP contribution >= 0.6 is 11.6 Å². The number of ether oxygens (including phenoxy) is 1. The molecule has 1 aliphatic rings. The maximum absolute atomic E-state index is 13.0. The normalized spacial score (nSPS) is 20.0. The monoisotopic (exact) mass is 430 g/mol. The first-order valence-corrected chi connectivity index (χ1v) is 10.3. The minimum Gasteiger partial charge on any atom is -0.389 e. The van der Waals surface area contributed by atoms with Crippen molar-refractivity contribution in [1.82, 2.24) is 10.2 Å². The van der Waals surface area contributed by atoms with Crippen LogP contribution in [0.25, 0.3) is 0 Å². The summed E-state index contributed by atoms with van der Waals surface area (Å²) < 4.78 is 5.51. The lowest BCUT2D eigenvalue weighted by Crippen LogP contribution is -2.42. The van der Waals surface area contributed by atoms with Gasteiger partial charge in [-0.15, -0.1) is 0 Å². The zero-order valence-corrected chi connectivity index (χ0v) is 18.1. The van der Waals surface area contributed by atoms with Crippen LogP contribution in [0, 0.1) is 0 Å². The van der Waals surface area contributed by atoms with E-state index in [0.29, 0.717) is 23.1 Å². The SMILES string of the molecule is CC(C)c1ccc(C2(C)NC(=O)N(CC(O)COCc3ccc(Cl)cc3)C2=O)cc1. The van der Waals surface area contributed by atoms with E-state index in [1.165, 1.54) is 0 Å².